The zero-order chi connectivity index (χ0) is 14.8. The van der Waals surface area contributed by atoms with E-state index >= 15 is 0 Å². The molecule has 2 rings (SSSR count). The molecule has 5 nitrogen and oxygen atoms in total. The summed E-state index contributed by atoms with van der Waals surface area (Å²) < 4.78 is 42.5. The average molecular weight is 302 g/mol. The van der Waals surface area contributed by atoms with Crippen LogP contribution in [-0.2, 0) is 12.7 Å². The summed E-state index contributed by atoms with van der Waals surface area (Å²) in [6, 6.07) is 3.58. The molecular formula is C11H9F3N4OS. The van der Waals surface area contributed by atoms with Gasteiger partial charge in [0.2, 0.25) is 0 Å². The molecule has 2 heterocycles. The van der Waals surface area contributed by atoms with Gasteiger partial charge in [0, 0.05) is 6.07 Å². The molecule has 0 spiro atoms. The van der Waals surface area contributed by atoms with Crippen molar-refractivity contribution in [3.8, 4) is 0 Å². The Balaban J connectivity index is 2.29. The normalized spacial score (nSPS) is 11.3. The van der Waals surface area contributed by atoms with Crippen molar-refractivity contribution in [3.63, 3.8) is 0 Å². The van der Waals surface area contributed by atoms with Gasteiger partial charge in [-0.2, -0.15) is 13.2 Å². The van der Waals surface area contributed by atoms with E-state index in [2.05, 4.69) is 20.0 Å². The molecule has 0 saturated heterocycles. The number of nitrogens with zero attached hydrogens (tertiary/aromatic N) is 2. The van der Waals surface area contributed by atoms with Gasteiger partial charge in [0.1, 0.15) is 28.5 Å². The first-order chi connectivity index (χ1) is 9.38. The molecule has 0 aliphatic carbocycles. The molecule has 0 aliphatic rings. The monoisotopic (exact) mass is 302 g/mol. The van der Waals surface area contributed by atoms with Crippen molar-refractivity contribution in [1.29, 1.82) is 0 Å². The summed E-state index contributed by atoms with van der Waals surface area (Å²) in [4.78, 5) is 3.46. The van der Waals surface area contributed by atoms with Crippen molar-refractivity contribution in [1.82, 2.24) is 10.1 Å². The van der Waals surface area contributed by atoms with Crippen LogP contribution in [0.15, 0.2) is 29.0 Å². The van der Waals surface area contributed by atoms with Crippen molar-refractivity contribution in [2.75, 3.05) is 5.32 Å². The van der Waals surface area contributed by atoms with Crippen molar-refractivity contribution in [2.45, 2.75) is 12.7 Å². The second-order valence-corrected chi connectivity index (χ2v) is 4.24. The molecule has 0 unspecified atom stereocenters. The Kier molecular flexibility index (Phi) is 3.89. The van der Waals surface area contributed by atoms with E-state index in [0.717, 1.165) is 6.07 Å². The molecule has 106 valence electrons. The lowest BCUT2D eigenvalue weighted by atomic mass is 10.2. The van der Waals surface area contributed by atoms with Gasteiger partial charge in [-0.25, -0.2) is 4.98 Å². The van der Waals surface area contributed by atoms with Gasteiger partial charge in [0.05, 0.1) is 12.1 Å². The maximum Gasteiger partial charge on any atom is 0.433 e. The van der Waals surface area contributed by atoms with Crippen LogP contribution in [0.3, 0.4) is 0 Å². The van der Waals surface area contributed by atoms with E-state index in [1.807, 2.05) is 0 Å². The van der Waals surface area contributed by atoms with Crippen LogP contribution in [0.5, 0.6) is 0 Å². The fraction of sp³-hybridized carbons (Fsp3) is 0.182. The number of anilines is 1. The Labute approximate surface area is 117 Å². The molecule has 0 aliphatic heterocycles. The number of aromatic nitrogens is 2. The lowest BCUT2D eigenvalue weighted by Gasteiger charge is -2.12. The molecule has 0 atom stereocenters. The highest BCUT2D eigenvalue weighted by molar-refractivity contribution is 7.80. The predicted octanol–water partition coefficient (Wildman–Crippen LogP) is 2.33. The number of alkyl halides is 3. The van der Waals surface area contributed by atoms with E-state index in [9.17, 15) is 13.2 Å². The SMILES string of the molecule is NC(=S)c1ccc(C(F)(F)F)nc1NCc1ccon1. The molecule has 2 aromatic heterocycles. The highest BCUT2D eigenvalue weighted by Crippen LogP contribution is 2.29. The Morgan fingerprint density at radius 1 is 1.35 bits per heavy atom. The number of nitrogens with one attached hydrogen (secondary N) is 1. The molecule has 0 radical (unpaired) electrons. The number of pyridine rings is 1. The molecule has 0 saturated carbocycles. The zero-order valence-corrected chi connectivity index (χ0v) is 10.8. The number of thiocarbonyl (C=S) groups is 1. The third kappa shape index (κ3) is 3.23. The van der Waals surface area contributed by atoms with Gasteiger partial charge < -0.3 is 15.6 Å². The molecule has 0 fully saturated rings. The summed E-state index contributed by atoms with van der Waals surface area (Å²) in [6.45, 7) is 0.139. The quantitative estimate of drug-likeness (QED) is 0.844. The summed E-state index contributed by atoms with van der Waals surface area (Å²) in [5.41, 5.74) is 5.18. The van der Waals surface area contributed by atoms with E-state index in [-0.39, 0.29) is 22.9 Å². The topological polar surface area (TPSA) is 77.0 Å². The van der Waals surface area contributed by atoms with E-state index in [1.165, 1.54) is 12.3 Å². The second-order valence-electron chi connectivity index (χ2n) is 3.80. The Bertz CT molecular complexity index is 613. The highest BCUT2D eigenvalue weighted by atomic mass is 32.1. The summed E-state index contributed by atoms with van der Waals surface area (Å²) in [6.07, 6.45) is -3.19. The Morgan fingerprint density at radius 2 is 2.10 bits per heavy atom. The van der Waals surface area contributed by atoms with Crippen LogP contribution < -0.4 is 11.1 Å². The highest BCUT2D eigenvalue weighted by Gasteiger charge is 2.33. The van der Waals surface area contributed by atoms with Gasteiger partial charge >= 0.3 is 6.18 Å². The fourth-order valence-electron chi connectivity index (χ4n) is 1.45. The molecule has 0 bridgehead atoms. The first kappa shape index (κ1) is 14.3. The minimum absolute atomic E-state index is 0.0460. The molecule has 0 amide bonds. The van der Waals surface area contributed by atoms with Crippen molar-refractivity contribution in [3.05, 3.63) is 41.4 Å². The van der Waals surface area contributed by atoms with Gasteiger partial charge in [-0.3, -0.25) is 0 Å². The molecule has 20 heavy (non-hydrogen) atoms. The molecule has 9 heteroatoms. The number of hydrogen-bond donors (Lipinski definition) is 2. The lowest BCUT2D eigenvalue weighted by molar-refractivity contribution is -0.141. The van der Waals surface area contributed by atoms with Crippen LogP contribution in [0.2, 0.25) is 0 Å². The summed E-state index contributed by atoms with van der Waals surface area (Å²) in [7, 11) is 0. The van der Waals surface area contributed by atoms with Crippen LogP contribution >= 0.6 is 12.2 Å². The maximum atomic E-state index is 12.6. The second kappa shape index (κ2) is 5.45. The smallest absolute Gasteiger partial charge is 0.389 e. The minimum Gasteiger partial charge on any atom is -0.389 e. The number of nitrogens with two attached hydrogens (primary N) is 1. The summed E-state index contributed by atoms with van der Waals surface area (Å²) in [5, 5.41) is 6.33. The van der Waals surface area contributed by atoms with Crippen LogP contribution in [0, 0.1) is 0 Å². The van der Waals surface area contributed by atoms with Crippen LogP contribution in [0.25, 0.3) is 0 Å². The number of rotatable bonds is 4. The third-order valence-electron chi connectivity index (χ3n) is 2.38. The van der Waals surface area contributed by atoms with Crippen LogP contribution in [-0.4, -0.2) is 15.1 Å². The largest absolute Gasteiger partial charge is 0.433 e. The zero-order valence-electron chi connectivity index (χ0n) is 9.94. The van der Waals surface area contributed by atoms with Gasteiger partial charge in [0.15, 0.2) is 0 Å². The predicted molar refractivity (Wildman–Crippen MR) is 69.0 cm³/mol. The van der Waals surface area contributed by atoms with Crippen LogP contribution in [0.4, 0.5) is 19.0 Å². The Hall–Kier alpha value is -2.16. The van der Waals surface area contributed by atoms with E-state index in [1.54, 1.807) is 6.07 Å². The molecular weight excluding hydrogens is 293 g/mol. The lowest BCUT2D eigenvalue weighted by Crippen LogP contribution is -2.17. The maximum absolute atomic E-state index is 12.6. The molecule has 3 N–H and O–H groups in total. The van der Waals surface area contributed by atoms with E-state index in [0.29, 0.717) is 5.69 Å². The van der Waals surface area contributed by atoms with E-state index in [4.69, 9.17) is 18.0 Å². The van der Waals surface area contributed by atoms with Crippen molar-refractivity contribution in [2.24, 2.45) is 5.73 Å². The first-order valence-electron chi connectivity index (χ1n) is 5.39. The van der Waals surface area contributed by atoms with Gasteiger partial charge in [-0.15, -0.1) is 0 Å². The van der Waals surface area contributed by atoms with Gasteiger partial charge in [-0.05, 0) is 12.1 Å². The van der Waals surface area contributed by atoms with Crippen LogP contribution in [0.1, 0.15) is 17.0 Å². The summed E-state index contributed by atoms with van der Waals surface area (Å²) >= 11 is 4.78. The third-order valence-corrected chi connectivity index (χ3v) is 2.60. The number of halogens is 3. The summed E-state index contributed by atoms with van der Waals surface area (Å²) in [5.74, 6) is -0.0460. The van der Waals surface area contributed by atoms with Crippen molar-refractivity contribution < 1.29 is 17.7 Å². The standard InChI is InChI=1S/C11H9F3N4OS/c12-11(13,14)8-2-1-7(9(15)20)10(17-8)16-5-6-3-4-19-18-6/h1-4H,5H2,(H2,15,20)(H,16,17). The molecule has 2 aromatic rings. The first-order valence-corrected chi connectivity index (χ1v) is 5.80. The van der Waals surface area contributed by atoms with Crippen molar-refractivity contribution >= 4 is 23.0 Å². The number of hydrogen-bond acceptors (Lipinski definition) is 5. The van der Waals surface area contributed by atoms with Gasteiger partial charge in [-0.1, -0.05) is 17.4 Å². The minimum atomic E-state index is -4.54. The average Bonchev–Trinajstić information content (AvgIpc) is 2.87. The van der Waals surface area contributed by atoms with Gasteiger partial charge in [0.25, 0.3) is 0 Å². The Morgan fingerprint density at radius 3 is 2.65 bits per heavy atom. The molecule has 0 aromatic carbocycles. The van der Waals surface area contributed by atoms with E-state index < -0.39 is 11.9 Å². The fourth-order valence-corrected chi connectivity index (χ4v) is 1.62.